The van der Waals surface area contributed by atoms with E-state index in [0.717, 1.165) is 12.1 Å². The van der Waals surface area contributed by atoms with Gasteiger partial charge in [0.1, 0.15) is 16.8 Å². The summed E-state index contributed by atoms with van der Waals surface area (Å²) in [7, 11) is -4.12. The van der Waals surface area contributed by atoms with Gasteiger partial charge in [-0.1, -0.05) is 26.0 Å². The molecule has 8 heteroatoms. The van der Waals surface area contributed by atoms with Gasteiger partial charge in [-0.25, -0.2) is 12.8 Å². The molecule has 0 aliphatic heterocycles. The number of sulfonamides is 1. The second kappa shape index (κ2) is 7.48. The highest BCUT2D eigenvalue weighted by Crippen LogP contribution is 2.15. The minimum Gasteiger partial charge on any atom is -0.353 e. The number of carbonyl (C=O) groups excluding carboxylic acids is 1. The van der Waals surface area contributed by atoms with Crippen molar-refractivity contribution in [2.75, 3.05) is 13.1 Å². The van der Waals surface area contributed by atoms with Gasteiger partial charge in [-0.15, -0.1) is 0 Å². The van der Waals surface area contributed by atoms with Gasteiger partial charge in [0.15, 0.2) is 0 Å². The zero-order valence-corrected chi connectivity index (χ0v) is 12.8. The molecule has 0 heterocycles. The van der Waals surface area contributed by atoms with E-state index in [1.807, 2.05) is 0 Å². The fourth-order valence-corrected chi connectivity index (χ4v) is 3.11. The zero-order valence-electron chi connectivity index (χ0n) is 12.0. The minimum atomic E-state index is -4.12. The van der Waals surface area contributed by atoms with Crippen molar-refractivity contribution in [1.29, 1.82) is 0 Å². The standard InChI is InChI=1S/C13H20FN3O3S/c1-9(2)12(13(18)16-8-7-15)17-21(19,20)11-6-4-3-5-10(11)14/h3-6,9,12,17H,7-8,15H2,1-2H3,(H,16,18). The Bertz CT molecular complexity index is 590. The van der Waals surface area contributed by atoms with E-state index in [4.69, 9.17) is 5.73 Å². The molecule has 1 atom stereocenters. The lowest BCUT2D eigenvalue weighted by Gasteiger charge is -2.21. The summed E-state index contributed by atoms with van der Waals surface area (Å²) >= 11 is 0. The molecule has 0 aromatic heterocycles. The average Bonchev–Trinajstić information content (AvgIpc) is 2.42. The van der Waals surface area contributed by atoms with Crippen LogP contribution in [0.2, 0.25) is 0 Å². The van der Waals surface area contributed by atoms with Crippen LogP contribution in [0.15, 0.2) is 29.2 Å². The van der Waals surface area contributed by atoms with Crippen molar-refractivity contribution in [3.05, 3.63) is 30.1 Å². The number of nitrogens with two attached hydrogens (primary N) is 1. The van der Waals surface area contributed by atoms with Gasteiger partial charge in [0, 0.05) is 13.1 Å². The summed E-state index contributed by atoms with van der Waals surface area (Å²) in [5, 5.41) is 2.52. The van der Waals surface area contributed by atoms with Gasteiger partial charge in [0.2, 0.25) is 15.9 Å². The van der Waals surface area contributed by atoms with Crippen LogP contribution in [0.25, 0.3) is 0 Å². The number of nitrogens with one attached hydrogen (secondary N) is 2. The van der Waals surface area contributed by atoms with E-state index in [-0.39, 0.29) is 19.0 Å². The van der Waals surface area contributed by atoms with Crippen LogP contribution >= 0.6 is 0 Å². The summed E-state index contributed by atoms with van der Waals surface area (Å²) < 4.78 is 40.2. The highest BCUT2D eigenvalue weighted by atomic mass is 32.2. The number of carbonyl (C=O) groups is 1. The summed E-state index contributed by atoms with van der Waals surface area (Å²) in [4.78, 5) is 11.5. The molecule has 0 saturated heterocycles. The summed E-state index contributed by atoms with van der Waals surface area (Å²) in [6, 6.07) is 4.00. The summed E-state index contributed by atoms with van der Waals surface area (Å²) in [6.07, 6.45) is 0. The second-order valence-electron chi connectivity index (χ2n) is 4.85. The first-order valence-electron chi connectivity index (χ1n) is 6.54. The molecule has 4 N–H and O–H groups in total. The Hall–Kier alpha value is -1.51. The molecular formula is C13H20FN3O3S. The van der Waals surface area contributed by atoms with Crippen LogP contribution in [0.4, 0.5) is 4.39 Å². The Labute approximate surface area is 124 Å². The summed E-state index contributed by atoms with van der Waals surface area (Å²) in [5.41, 5.74) is 5.29. The van der Waals surface area contributed by atoms with Crippen LogP contribution in [0.3, 0.4) is 0 Å². The normalized spacial score (nSPS) is 13.2. The van der Waals surface area contributed by atoms with E-state index < -0.39 is 32.7 Å². The molecule has 0 bridgehead atoms. The van der Waals surface area contributed by atoms with E-state index in [0.29, 0.717) is 0 Å². The van der Waals surface area contributed by atoms with Crippen molar-refractivity contribution in [1.82, 2.24) is 10.0 Å². The lowest BCUT2D eigenvalue weighted by molar-refractivity contribution is -0.123. The SMILES string of the molecule is CC(C)C(NS(=O)(=O)c1ccccc1F)C(=O)NCCN. The first-order chi connectivity index (χ1) is 9.79. The smallest absolute Gasteiger partial charge is 0.244 e. The molecular weight excluding hydrogens is 297 g/mol. The lowest BCUT2D eigenvalue weighted by Crippen LogP contribution is -2.50. The van der Waals surface area contributed by atoms with E-state index >= 15 is 0 Å². The highest BCUT2D eigenvalue weighted by Gasteiger charge is 2.29. The molecule has 6 nitrogen and oxygen atoms in total. The van der Waals surface area contributed by atoms with E-state index in [2.05, 4.69) is 10.0 Å². The number of halogens is 1. The molecule has 0 radical (unpaired) electrons. The molecule has 0 spiro atoms. The van der Waals surface area contributed by atoms with Crippen molar-refractivity contribution >= 4 is 15.9 Å². The zero-order chi connectivity index (χ0) is 16.0. The minimum absolute atomic E-state index is 0.240. The Kier molecular flexibility index (Phi) is 6.25. The number of rotatable bonds is 7. The van der Waals surface area contributed by atoms with Crippen molar-refractivity contribution in [3.63, 3.8) is 0 Å². The topological polar surface area (TPSA) is 101 Å². The average molecular weight is 317 g/mol. The van der Waals surface area contributed by atoms with Crippen LogP contribution in [0.1, 0.15) is 13.8 Å². The van der Waals surface area contributed by atoms with E-state index in [1.54, 1.807) is 13.8 Å². The number of amides is 1. The Balaban J connectivity index is 2.98. The monoisotopic (exact) mass is 317 g/mol. The molecule has 1 aromatic carbocycles. The van der Waals surface area contributed by atoms with Gasteiger partial charge in [-0.05, 0) is 18.1 Å². The number of hydrogen-bond donors (Lipinski definition) is 3. The van der Waals surface area contributed by atoms with Gasteiger partial charge in [0.05, 0.1) is 0 Å². The van der Waals surface area contributed by atoms with Crippen LogP contribution in [-0.4, -0.2) is 33.5 Å². The Morgan fingerprint density at radius 3 is 2.48 bits per heavy atom. The lowest BCUT2D eigenvalue weighted by atomic mass is 10.1. The third-order valence-electron chi connectivity index (χ3n) is 2.80. The van der Waals surface area contributed by atoms with E-state index in [1.165, 1.54) is 12.1 Å². The van der Waals surface area contributed by atoms with Crippen LogP contribution in [0.5, 0.6) is 0 Å². The van der Waals surface area contributed by atoms with Gasteiger partial charge >= 0.3 is 0 Å². The predicted molar refractivity (Wildman–Crippen MR) is 77.4 cm³/mol. The fourth-order valence-electron chi connectivity index (χ4n) is 1.69. The maximum atomic E-state index is 13.6. The first-order valence-corrected chi connectivity index (χ1v) is 8.02. The molecule has 21 heavy (non-hydrogen) atoms. The third-order valence-corrected chi connectivity index (χ3v) is 4.28. The van der Waals surface area contributed by atoms with Gasteiger partial charge < -0.3 is 11.1 Å². The molecule has 1 rings (SSSR count). The predicted octanol–water partition coefficient (Wildman–Crippen LogP) is 0.204. The van der Waals surface area contributed by atoms with Gasteiger partial charge in [0.25, 0.3) is 0 Å². The third kappa shape index (κ3) is 4.76. The van der Waals surface area contributed by atoms with Crippen molar-refractivity contribution in [2.45, 2.75) is 24.8 Å². The Morgan fingerprint density at radius 1 is 1.33 bits per heavy atom. The molecule has 0 saturated carbocycles. The highest BCUT2D eigenvalue weighted by molar-refractivity contribution is 7.89. The van der Waals surface area contributed by atoms with Crippen LogP contribution in [0, 0.1) is 11.7 Å². The largest absolute Gasteiger partial charge is 0.353 e. The van der Waals surface area contributed by atoms with Crippen LogP contribution in [-0.2, 0) is 14.8 Å². The second-order valence-corrected chi connectivity index (χ2v) is 6.54. The fraction of sp³-hybridized carbons (Fsp3) is 0.462. The molecule has 0 aliphatic carbocycles. The van der Waals surface area contributed by atoms with Crippen molar-refractivity contribution in [3.8, 4) is 0 Å². The van der Waals surface area contributed by atoms with E-state index in [9.17, 15) is 17.6 Å². The summed E-state index contributed by atoms with van der Waals surface area (Å²) in [5.74, 6) is -1.66. The first kappa shape index (κ1) is 17.5. The molecule has 118 valence electrons. The van der Waals surface area contributed by atoms with Crippen molar-refractivity contribution < 1.29 is 17.6 Å². The molecule has 0 aliphatic rings. The van der Waals surface area contributed by atoms with Crippen LogP contribution < -0.4 is 15.8 Å². The summed E-state index contributed by atoms with van der Waals surface area (Å²) in [6.45, 7) is 3.87. The molecule has 1 unspecified atom stereocenters. The van der Waals surface area contributed by atoms with Gasteiger partial charge in [-0.2, -0.15) is 4.72 Å². The maximum absolute atomic E-state index is 13.6. The maximum Gasteiger partial charge on any atom is 0.244 e. The van der Waals surface area contributed by atoms with Gasteiger partial charge in [-0.3, -0.25) is 4.79 Å². The molecule has 1 aromatic rings. The quantitative estimate of drug-likeness (QED) is 0.669. The number of benzene rings is 1. The van der Waals surface area contributed by atoms with Crippen molar-refractivity contribution in [2.24, 2.45) is 11.7 Å². The molecule has 0 fully saturated rings. The Morgan fingerprint density at radius 2 is 1.95 bits per heavy atom. The number of hydrogen-bond acceptors (Lipinski definition) is 4. The molecule has 1 amide bonds.